The SMILES string of the molecule is NNC(Cc1ccc(Cl)s1)C1C2CCCCC21. The third kappa shape index (κ3) is 2.39. The molecular formula is C13H19ClN2S. The molecule has 3 unspecified atom stereocenters. The highest BCUT2D eigenvalue weighted by atomic mass is 35.5. The molecule has 1 heterocycles. The highest BCUT2D eigenvalue weighted by Gasteiger charge is 2.53. The molecule has 4 heteroatoms. The van der Waals surface area contributed by atoms with Crippen LogP contribution in [0, 0.1) is 17.8 Å². The average molecular weight is 271 g/mol. The summed E-state index contributed by atoms with van der Waals surface area (Å²) < 4.78 is 0.879. The summed E-state index contributed by atoms with van der Waals surface area (Å²) in [5.41, 5.74) is 3.04. The third-order valence-corrected chi connectivity index (χ3v) is 5.70. The van der Waals surface area contributed by atoms with Gasteiger partial charge in [0.2, 0.25) is 0 Å². The highest BCUT2D eigenvalue weighted by Crippen LogP contribution is 2.57. The Bertz CT molecular complexity index is 381. The van der Waals surface area contributed by atoms with Crippen LogP contribution in [0.2, 0.25) is 4.34 Å². The van der Waals surface area contributed by atoms with Crippen molar-refractivity contribution in [2.45, 2.75) is 38.1 Å². The Morgan fingerprint density at radius 3 is 2.59 bits per heavy atom. The van der Waals surface area contributed by atoms with Crippen LogP contribution >= 0.6 is 22.9 Å². The molecule has 3 rings (SSSR count). The average Bonchev–Trinajstić information content (AvgIpc) is 2.93. The minimum absolute atomic E-state index is 0.442. The van der Waals surface area contributed by atoms with E-state index >= 15 is 0 Å². The molecule has 0 aliphatic heterocycles. The summed E-state index contributed by atoms with van der Waals surface area (Å²) in [6.07, 6.45) is 6.70. The van der Waals surface area contributed by atoms with E-state index in [1.807, 2.05) is 6.07 Å². The van der Waals surface area contributed by atoms with Crippen molar-refractivity contribution < 1.29 is 0 Å². The van der Waals surface area contributed by atoms with Gasteiger partial charge in [0.1, 0.15) is 0 Å². The molecule has 2 saturated carbocycles. The minimum Gasteiger partial charge on any atom is -0.271 e. The molecule has 0 aromatic carbocycles. The van der Waals surface area contributed by atoms with Crippen LogP contribution in [0.1, 0.15) is 30.6 Å². The number of hydrogen-bond donors (Lipinski definition) is 2. The Balaban J connectivity index is 1.64. The number of rotatable bonds is 4. The molecule has 0 radical (unpaired) electrons. The zero-order valence-electron chi connectivity index (χ0n) is 9.86. The minimum atomic E-state index is 0.442. The van der Waals surface area contributed by atoms with Crippen molar-refractivity contribution in [2.75, 3.05) is 0 Å². The van der Waals surface area contributed by atoms with Gasteiger partial charge in [-0.25, -0.2) is 0 Å². The van der Waals surface area contributed by atoms with E-state index in [1.165, 1.54) is 30.6 Å². The van der Waals surface area contributed by atoms with Gasteiger partial charge in [-0.3, -0.25) is 11.3 Å². The second-order valence-electron chi connectivity index (χ2n) is 5.37. The molecule has 1 aromatic heterocycles. The number of nitrogens with one attached hydrogen (secondary N) is 1. The van der Waals surface area contributed by atoms with Gasteiger partial charge in [-0.1, -0.05) is 24.4 Å². The maximum Gasteiger partial charge on any atom is 0.0931 e. The summed E-state index contributed by atoms with van der Waals surface area (Å²) in [6.45, 7) is 0. The molecule has 1 aromatic rings. The standard InChI is InChI=1S/C13H19ClN2S/c14-12-6-5-8(17-12)7-11(16-15)13-9-3-1-2-4-10(9)13/h5-6,9-11,13,16H,1-4,7,15H2. The summed E-state index contributed by atoms with van der Waals surface area (Å²) in [6, 6.07) is 4.55. The lowest BCUT2D eigenvalue weighted by molar-refractivity contribution is 0.439. The number of fused-ring (bicyclic) bond motifs is 1. The van der Waals surface area contributed by atoms with Crippen LogP contribution in [0.5, 0.6) is 0 Å². The summed E-state index contributed by atoms with van der Waals surface area (Å²) in [4.78, 5) is 1.35. The molecule has 0 spiro atoms. The lowest BCUT2D eigenvalue weighted by Crippen LogP contribution is -2.39. The lowest BCUT2D eigenvalue weighted by Gasteiger charge is -2.15. The summed E-state index contributed by atoms with van der Waals surface area (Å²) in [5.74, 6) is 8.44. The maximum atomic E-state index is 5.97. The Kier molecular flexibility index (Phi) is 3.44. The van der Waals surface area contributed by atoms with Crippen LogP contribution in [0.3, 0.4) is 0 Å². The van der Waals surface area contributed by atoms with Crippen LogP contribution < -0.4 is 11.3 Å². The van der Waals surface area contributed by atoms with Gasteiger partial charge in [-0.05, 0) is 49.1 Å². The van der Waals surface area contributed by atoms with Crippen molar-refractivity contribution in [2.24, 2.45) is 23.6 Å². The van der Waals surface area contributed by atoms with E-state index in [-0.39, 0.29) is 0 Å². The molecule has 0 amide bonds. The summed E-state index contributed by atoms with van der Waals surface area (Å²) >= 11 is 7.65. The van der Waals surface area contributed by atoms with Crippen LogP contribution in [0.25, 0.3) is 0 Å². The Hall–Kier alpha value is -0.0900. The summed E-state index contributed by atoms with van der Waals surface area (Å²) in [5, 5.41) is 0. The quantitative estimate of drug-likeness (QED) is 0.651. The van der Waals surface area contributed by atoms with E-state index in [0.29, 0.717) is 6.04 Å². The molecule has 2 nitrogen and oxygen atoms in total. The zero-order chi connectivity index (χ0) is 11.8. The van der Waals surface area contributed by atoms with Gasteiger partial charge in [0.05, 0.1) is 4.34 Å². The molecule has 17 heavy (non-hydrogen) atoms. The number of nitrogens with two attached hydrogens (primary N) is 1. The first kappa shape index (κ1) is 12.0. The lowest BCUT2D eigenvalue weighted by atomic mass is 10.0. The van der Waals surface area contributed by atoms with Crippen molar-refractivity contribution in [3.05, 3.63) is 21.3 Å². The van der Waals surface area contributed by atoms with E-state index < -0.39 is 0 Å². The van der Waals surface area contributed by atoms with Crippen molar-refractivity contribution in [1.82, 2.24) is 5.43 Å². The van der Waals surface area contributed by atoms with Crippen molar-refractivity contribution in [3.63, 3.8) is 0 Å². The molecule has 2 aliphatic carbocycles. The largest absolute Gasteiger partial charge is 0.271 e. The van der Waals surface area contributed by atoms with Crippen molar-refractivity contribution in [1.29, 1.82) is 0 Å². The van der Waals surface area contributed by atoms with Gasteiger partial charge in [-0.15, -0.1) is 11.3 Å². The van der Waals surface area contributed by atoms with Crippen molar-refractivity contribution in [3.8, 4) is 0 Å². The van der Waals surface area contributed by atoms with Gasteiger partial charge in [-0.2, -0.15) is 0 Å². The van der Waals surface area contributed by atoms with E-state index in [4.69, 9.17) is 17.4 Å². The second kappa shape index (κ2) is 4.88. The van der Waals surface area contributed by atoms with E-state index in [0.717, 1.165) is 28.5 Å². The van der Waals surface area contributed by atoms with Crippen LogP contribution in [0.15, 0.2) is 12.1 Å². The molecule has 0 saturated heterocycles. The third-order valence-electron chi connectivity index (χ3n) is 4.45. The monoisotopic (exact) mass is 270 g/mol. The van der Waals surface area contributed by atoms with E-state index in [1.54, 1.807) is 11.3 Å². The first-order chi connectivity index (χ1) is 8.29. The molecule has 3 N–H and O–H groups in total. The smallest absolute Gasteiger partial charge is 0.0931 e. The molecule has 94 valence electrons. The first-order valence-electron chi connectivity index (χ1n) is 6.50. The Morgan fingerprint density at radius 2 is 2.06 bits per heavy atom. The van der Waals surface area contributed by atoms with Crippen LogP contribution in [-0.2, 0) is 6.42 Å². The zero-order valence-corrected chi connectivity index (χ0v) is 11.4. The van der Waals surface area contributed by atoms with Gasteiger partial charge in [0, 0.05) is 10.9 Å². The Labute approximate surface area is 112 Å². The van der Waals surface area contributed by atoms with Crippen molar-refractivity contribution >= 4 is 22.9 Å². The topological polar surface area (TPSA) is 38.0 Å². The molecule has 3 atom stereocenters. The number of hydrazine groups is 1. The molecule has 2 aliphatic rings. The Morgan fingerprint density at radius 1 is 1.35 bits per heavy atom. The normalized spacial score (nSPS) is 33.2. The molecule has 2 fully saturated rings. The first-order valence-corrected chi connectivity index (χ1v) is 7.69. The van der Waals surface area contributed by atoms with E-state index in [9.17, 15) is 0 Å². The highest BCUT2D eigenvalue weighted by molar-refractivity contribution is 7.16. The van der Waals surface area contributed by atoms with Crippen LogP contribution in [-0.4, -0.2) is 6.04 Å². The fourth-order valence-corrected chi connectivity index (χ4v) is 4.77. The molecular weight excluding hydrogens is 252 g/mol. The predicted molar refractivity (Wildman–Crippen MR) is 73.1 cm³/mol. The van der Waals surface area contributed by atoms with E-state index in [2.05, 4.69) is 11.5 Å². The number of thiophene rings is 1. The number of hydrogen-bond acceptors (Lipinski definition) is 3. The fraction of sp³-hybridized carbons (Fsp3) is 0.692. The maximum absolute atomic E-state index is 5.97. The summed E-state index contributed by atoms with van der Waals surface area (Å²) in [7, 11) is 0. The van der Waals surface area contributed by atoms with Crippen LogP contribution in [0.4, 0.5) is 0 Å². The molecule has 0 bridgehead atoms. The van der Waals surface area contributed by atoms with Gasteiger partial charge in [0.15, 0.2) is 0 Å². The fourth-order valence-electron chi connectivity index (χ4n) is 3.63. The second-order valence-corrected chi connectivity index (χ2v) is 7.17. The predicted octanol–water partition coefficient (Wildman–Crippen LogP) is 3.21. The van der Waals surface area contributed by atoms with Gasteiger partial charge < -0.3 is 0 Å². The van der Waals surface area contributed by atoms with Gasteiger partial charge >= 0.3 is 0 Å². The number of halogens is 1. The van der Waals surface area contributed by atoms with Gasteiger partial charge in [0.25, 0.3) is 0 Å².